The smallest absolute Gasteiger partial charge is 0.141 e. The zero-order chi connectivity index (χ0) is 19.1. The molecule has 0 radical (unpaired) electrons. The van der Waals surface area contributed by atoms with Crippen LogP contribution in [0.15, 0.2) is 66.3 Å². The van der Waals surface area contributed by atoms with Crippen molar-refractivity contribution in [1.82, 2.24) is 14.9 Å². The number of aromatic nitrogens is 3. The number of nitrogens with zero attached hydrogens (tertiary/aromatic N) is 4. The van der Waals surface area contributed by atoms with E-state index in [1.165, 1.54) is 22.9 Å². The predicted octanol–water partition coefficient (Wildman–Crippen LogP) is 3.92. The molecule has 0 atom stereocenters. The number of hydrogen-bond donors (Lipinski definition) is 0. The van der Waals surface area contributed by atoms with Crippen LogP contribution in [0.4, 0.5) is 0 Å². The lowest BCUT2D eigenvalue weighted by atomic mass is 9.87. The summed E-state index contributed by atoms with van der Waals surface area (Å²) in [5.74, 6) is 1.65. The molecule has 0 saturated heterocycles. The highest BCUT2D eigenvalue weighted by molar-refractivity contribution is 5.79. The lowest BCUT2D eigenvalue weighted by Crippen LogP contribution is -2.11. The Labute approximate surface area is 159 Å². The van der Waals surface area contributed by atoms with Crippen molar-refractivity contribution in [2.45, 2.75) is 26.2 Å². The zero-order valence-corrected chi connectivity index (χ0v) is 15.9. The summed E-state index contributed by atoms with van der Waals surface area (Å²) in [6, 6.07) is 15.9. The molecule has 0 aliphatic carbocycles. The van der Waals surface area contributed by atoms with Gasteiger partial charge in [-0.3, -0.25) is 0 Å². The van der Waals surface area contributed by atoms with Crippen molar-refractivity contribution in [3.05, 3.63) is 72.3 Å². The molecule has 0 amide bonds. The minimum Gasteiger partial charge on any atom is -0.490 e. The summed E-state index contributed by atoms with van der Waals surface area (Å²) in [6.45, 7) is 7.56. The molecule has 0 spiro atoms. The average molecular weight is 364 g/mol. The van der Waals surface area contributed by atoms with Crippen LogP contribution in [-0.2, 0) is 5.41 Å². The summed E-state index contributed by atoms with van der Waals surface area (Å²) in [5, 5.41) is 11.6. The second kappa shape index (κ2) is 8.49. The molecule has 6 heteroatoms. The van der Waals surface area contributed by atoms with Gasteiger partial charge < -0.3 is 9.47 Å². The SMILES string of the molecule is CC(C)(C)c1ccc(OCCOc2ccc(/C=N/n3cnnc3)cc2)cc1. The number of ether oxygens (including phenoxy) is 2. The fraction of sp³-hybridized carbons (Fsp3) is 0.286. The molecule has 0 saturated carbocycles. The van der Waals surface area contributed by atoms with Crippen LogP contribution in [0.5, 0.6) is 11.5 Å². The second-order valence-corrected chi connectivity index (χ2v) is 7.13. The quantitative estimate of drug-likeness (QED) is 0.471. The van der Waals surface area contributed by atoms with E-state index in [9.17, 15) is 0 Å². The minimum absolute atomic E-state index is 0.147. The van der Waals surface area contributed by atoms with Gasteiger partial charge in [0.1, 0.15) is 37.4 Å². The predicted molar refractivity (Wildman–Crippen MR) is 106 cm³/mol. The summed E-state index contributed by atoms with van der Waals surface area (Å²) in [4.78, 5) is 0. The Morgan fingerprint density at radius 1 is 0.852 bits per heavy atom. The van der Waals surface area contributed by atoms with Crippen LogP contribution in [-0.4, -0.2) is 34.3 Å². The van der Waals surface area contributed by atoms with E-state index >= 15 is 0 Å². The van der Waals surface area contributed by atoms with Crippen LogP contribution in [0, 0.1) is 0 Å². The Morgan fingerprint density at radius 3 is 1.89 bits per heavy atom. The lowest BCUT2D eigenvalue weighted by molar-refractivity contribution is 0.217. The Hall–Kier alpha value is -3.15. The van der Waals surface area contributed by atoms with Crippen LogP contribution < -0.4 is 9.47 Å². The first-order valence-electron chi connectivity index (χ1n) is 8.86. The van der Waals surface area contributed by atoms with Crippen LogP contribution in [0.25, 0.3) is 0 Å². The van der Waals surface area contributed by atoms with Gasteiger partial charge >= 0.3 is 0 Å². The molecule has 0 N–H and O–H groups in total. The van der Waals surface area contributed by atoms with E-state index in [2.05, 4.69) is 48.2 Å². The van der Waals surface area contributed by atoms with E-state index in [0.29, 0.717) is 13.2 Å². The molecule has 1 aromatic heterocycles. The molecule has 0 unspecified atom stereocenters. The van der Waals surface area contributed by atoms with Gasteiger partial charge in [0, 0.05) is 0 Å². The second-order valence-electron chi connectivity index (χ2n) is 7.13. The van der Waals surface area contributed by atoms with Gasteiger partial charge in [-0.25, -0.2) is 4.68 Å². The molecule has 6 nitrogen and oxygen atoms in total. The normalized spacial score (nSPS) is 11.7. The van der Waals surface area contributed by atoms with Gasteiger partial charge in [-0.1, -0.05) is 32.9 Å². The van der Waals surface area contributed by atoms with Crippen molar-refractivity contribution >= 4 is 6.21 Å². The van der Waals surface area contributed by atoms with Gasteiger partial charge in [-0.05, 0) is 52.9 Å². The first-order chi connectivity index (χ1) is 13.0. The molecule has 0 fully saturated rings. The van der Waals surface area contributed by atoms with Crippen LogP contribution in [0.2, 0.25) is 0 Å². The molecule has 3 rings (SSSR count). The Bertz CT molecular complexity index is 849. The summed E-state index contributed by atoms with van der Waals surface area (Å²) in [7, 11) is 0. The highest BCUT2D eigenvalue weighted by atomic mass is 16.5. The first-order valence-corrected chi connectivity index (χ1v) is 8.86. The van der Waals surface area contributed by atoms with E-state index < -0.39 is 0 Å². The van der Waals surface area contributed by atoms with Crippen molar-refractivity contribution in [1.29, 1.82) is 0 Å². The largest absolute Gasteiger partial charge is 0.490 e. The van der Waals surface area contributed by atoms with E-state index in [-0.39, 0.29) is 5.41 Å². The molecule has 1 heterocycles. The van der Waals surface area contributed by atoms with Crippen molar-refractivity contribution < 1.29 is 9.47 Å². The topological polar surface area (TPSA) is 61.5 Å². The molecular formula is C21H24N4O2. The van der Waals surface area contributed by atoms with Gasteiger partial charge in [-0.2, -0.15) is 5.10 Å². The molecule has 140 valence electrons. The van der Waals surface area contributed by atoms with Gasteiger partial charge in [0.25, 0.3) is 0 Å². The van der Waals surface area contributed by atoms with E-state index in [1.807, 2.05) is 36.4 Å². The number of rotatable bonds is 7. The number of benzene rings is 2. The fourth-order valence-electron chi connectivity index (χ4n) is 2.41. The summed E-state index contributed by atoms with van der Waals surface area (Å²) in [6.07, 6.45) is 4.80. The lowest BCUT2D eigenvalue weighted by Gasteiger charge is -2.19. The van der Waals surface area contributed by atoms with Crippen molar-refractivity contribution in [2.24, 2.45) is 5.10 Å². The van der Waals surface area contributed by atoms with Crippen molar-refractivity contribution in [3.8, 4) is 11.5 Å². The number of hydrogen-bond acceptors (Lipinski definition) is 5. The molecular weight excluding hydrogens is 340 g/mol. The van der Waals surface area contributed by atoms with Crippen molar-refractivity contribution in [2.75, 3.05) is 13.2 Å². The maximum Gasteiger partial charge on any atom is 0.141 e. The molecule has 0 bridgehead atoms. The standard InChI is InChI=1S/C21H24N4O2/c1-21(2,3)18-6-10-20(11-7-18)27-13-12-26-19-8-4-17(5-9-19)14-24-25-15-22-23-16-25/h4-11,14-16H,12-13H2,1-3H3/b24-14+. The summed E-state index contributed by atoms with van der Waals surface area (Å²) < 4.78 is 13.0. The third kappa shape index (κ3) is 5.67. The monoisotopic (exact) mass is 364 g/mol. The third-order valence-corrected chi connectivity index (χ3v) is 3.97. The van der Waals surface area contributed by atoms with Crippen LogP contribution in [0.1, 0.15) is 31.9 Å². The first kappa shape index (κ1) is 18.6. The van der Waals surface area contributed by atoms with E-state index in [0.717, 1.165) is 17.1 Å². The third-order valence-electron chi connectivity index (χ3n) is 3.97. The highest BCUT2D eigenvalue weighted by Crippen LogP contribution is 2.24. The average Bonchev–Trinajstić information content (AvgIpc) is 3.18. The van der Waals surface area contributed by atoms with E-state index in [1.54, 1.807) is 6.21 Å². The van der Waals surface area contributed by atoms with E-state index in [4.69, 9.17) is 9.47 Å². The Morgan fingerprint density at radius 2 is 1.37 bits per heavy atom. The minimum atomic E-state index is 0.147. The summed E-state index contributed by atoms with van der Waals surface area (Å²) >= 11 is 0. The highest BCUT2D eigenvalue weighted by Gasteiger charge is 2.12. The van der Waals surface area contributed by atoms with Crippen LogP contribution >= 0.6 is 0 Å². The van der Waals surface area contributed by atoms with Crippen LogP contribution in [0.3, 0.4) is 0 Å². The maximum atomic E-state index is 5.74. The van der Waals surface area contributed by atoms with Gasteiger partial charge in [0.15, 0.2) is 0 Å². The Balaban J connectivity index is 1.42. The molecule has 0 aliphatic heterocycles. The molecule has 3 aromatic rings. The molecule has 0 aliphatic rings. The fourth-order valence-corrected chi connectivity index (χ4v) is 2.41. The molecule has 27 heavy (non-hydrogen) atoms. The van der Waals surface area contributed by atoms with Gasteiger partial charge in [0.05, 0.1) is 6.21 Å². The Kier molecular flexibility index (Phi) is 5.86. The van der Waals surface area contributed by atoms with Gasteiger partial charge in [0.2, 0.25) is 0 Å². The maximum absolute atomic E-state index is 5.74. The zero-order valence-electron chi connectivity index (χ0n) is 15.9. The molecule has 2 aromatic carbocycles. The summed E-state index contributed by atoms with van der Waals surface area (Å²) in [5.41, 5.74) is 2.40. The van der Waals surface area contributed by atoms with Crippen molar-refractivity contribution in [3.63, 3.8) is 0 Å². The van der Waals surface area contributed by atoms with Gasteiger partial charge in [-0.15, -0.1) is 10.2 Å².